The third-order valence-electron chi connectivity index (χ3n) is 3.85. The van der Waals surface area contributed by atoms with E-state index in [1.54, 1.807) is 29.0 Å². The van der Waals surface area contributed by atoms with Gasteiger partial charge in [-0.1, -0.05) is 17.7 Å². The Morgan fingerprint density at radius 2 is 2.17 bits per heavy atom. The minimum atomic E-state index is -0.0666. The van der Waals surface area contributed by atoms with Gasteiger partial charge in [0.2, 0.25) is 5.91 Å². The Kier molecular flexibility index (Phi) is 4.68. The Morgan fingerprint density at radius 1 is 1.35 bits per heavy atom. The van der Waals surface area contributed by atoms with Gasteiger partial charge in [0.1, 0.15) is 0 Å². The number of rotatable bonds is 4. The summed E-state index contributed by atoms with van der Waals surface area (Å²) < 4.78 is 0.718. The van der Waals surface area contributed by atoms with Gasteiger partial charge in [0.15, 0.2) is 0 Å². The van der Waals surface area contributed by atoms with Crippen LogP contribution in [0.5, 0.6) is 0 Å². The fourth-order valence-corrected chi connectivity index (χ4v) is 3.83. The van der Waals surface area contributed by atoms with Crippen LogP contribution in [0.4, 0.5) is 5.69 Å². The van der Waals surface area contributed by atoms with E-state index in [1.807, 2.05) is 24.3 Å². The van der Waals surface area contributed by atoms with Crippen LogP contribution in [-0.2, 0) is 11.3 Å². The molecule has 2 aromatic rings. The maximum atomic E-state index is 12.6. The minimum absolute atomic E-state index is 0.0666. The molecule has 0 unspecified atom stereocenters. The van der Waals surface area contributed by atoms with Crippen LogP contribution < -0.4 is 4.90 Å². The van der Waals surface area contributed by atoms with Crippen molar-refractivity contribution in [3.63, 3.8) is 0 Å². The zero-order chi connectivity index (χ0) is 16.4. The Bertz CT molecular complexity index is 744. The molecule has 0 radical (unpaired) electrons. The lowest BCUT2D eigenvalue weighted by molar-refractivity contribution is -0.117. The zero-order valence-electron chi connectivity index (χ0n) is 12.8. The molecule has 0 saturated carbocycles. The summed E-state index contributed by atoms with van der Waals surface area (Å²) in [5.41, 5.74) is 1.39. The summed E-state index contributed by atoms with van der Waals surface area (Å²) in [5.74, 6) is 0.0548. The summed E-state index contributed by atoms with van der Waals surface area (Å²) >= 11 is 7.40. The normalized spacial score (nSPS) is 14.3. The van der Waals surface area contributed by atoms with Crippen LogP contribution in [-0.4, -0.2) is 30.3 Å². The van der Waals surface area contributed by atoms with Crippen molar-refractivity contribution < 1.29 is 9.59 Å². The summed E-state index contributed by atoms with van der Waals surface area (Å²) in [4.78, 5) is 28.9. The highest BCUT2D eigenvalue weighted by Crippen LogP contribution is 2.25. The van der Waals surface area contributed by atoms with Crippen LogP contribution in [0.2, 0.25) is 4.34 Å². The Hall–Kier alpha value is -1.85. The second-order valence-corrected chi connectivity index (χ2v) is 7.37. The van der Waals surface area contributed by atoms with Crippen molar-refractivity contribution in [1.29, 1.82) is 0 Å². The molecule has 1 aromatic heterocycles. The van der Waals surface area contributed by atoms with Gasteiger partial charge >= 0.3 is 0 Å². The fraction of sp³-hybridized carbons (Fsp3) is 0.294. The van der Waals surface area contributed by atoms with Gasteiger partial charge < -0.3 is 9.80 Å². The van der Waals surface area contributed by atoms with E-state index in [9.17, 15) is 9.59 Å². The zero-order valence-corrected chi connectivity index (χ0v) is 14.4. The first-order valence-electron chi connectivity index (χ1n) is 7.45. The summed E-state index contributed by atoms with van der Waals surface area (Å²) in [6, 6.07) is 11.0. The van der Waals surface area contributed by atoms with Crippen LogP contribution >= 0.6 is 22.9 Å². The molecule has 2 heterocycles. The van der Waals surface area contributed by atoms with Crippen molar-refractivity contribution in [2.24, 2.45) is 0 Å². The maximum absolute atomic E-state index is 12.6. The largest absolute Gasteiger partial charge is 0.337 e. The molecule has 0 spiro atoms. The number of anilines is 1. The lowest BCUT2D eigenvalue weighted by Gasteiger charge is -2.19. The van der Waals surface area contributed by atoms with Crippen LogP contribution in [0.3, 0.4) is 0 Å². The van der Waals surface area contributed by atoms with E-state index >= 15 is 0 Å². The van der Waals surface area contributed by atoms with E-state index in [-0.39, 0.29) is 11.8 Å². The second kappa shape index (κ2) is 6.72. The fourth-order valence-electron chi connectivity index (χ4n) is 2.69. The number of thiophene rings is 1. The summed E-state index contributed by atoms with van der Waals surface area (Å²) in [6.45, 7) is 1.24. The Balaban J connectivity index is 1.75. The van der Waals surface area contributed by atoms with Crippen molar-refractivity contribution in [1.82, 2.24) is 4.90 Å². The average Bonchev–Trinajstić information content (AvgIpc) is 3.15. The van der Waals surface area contributed by atoms with Gasteiger partial charge in [-0.25, -0.2) is 0 Å². The molecule has 1 aliphatic heterocycles. The summed E-state index contributed by atoms with van der Waals surface area (Å²) in [7, 11) is 1.77. The van der Waals surface area contributed by atoms with Gasteiger partial charge in [0.05, 0.1) is 10.9 Å². The first-order chi connectivity index (χ1) is 11.0. The molecule has 2 amide bonds. The molecule has 120 valence electrons. The molecular formula is C17H17ClN2O2S. The van der Waals surface area contributed by atoms with Gasteiger partial charge in [-0.2, -0.15) is 0 Å². The molecule has 0 N–H and O–H groups in total. The predicted octanol–water partition coefficient (Wildman–Crippen LogP) is 3.80. The number of nitrogens with zero attached hydrogens (tertiary/aromatic N) is 2. The monoisotopic (exact) mass is 348 g/mol. The van der Waals surface area contributed by atoms with Gasteiger partial charge in [-0.3, -0.25) is 9.59 Å². The van der Waals surface area contributed by atoms with Crippen molar-refractivity contribution in [3.05, 3.63) is 51.2 Å². The first kappa shape index (κ1) is 16.0. The molecule has 1 aromatic carbocycles. The van der Waals surface area contributed by atoms with E-state index in [0.717, 1.165) is 27.9 Å². The van der Waals surface area contributed by atoms with E-state index in [0.29, 0.717) is 18.5 Å². The quantitative estimate of drug-likeness (QED) is 0.843. The smallest absolute Gasteiger partial charge is 0.253 e. The number of amides is 2. The third kappa shape index (κ3) is 3.57. The molecule has 0 atom stereocenters. The van der Waals surface area contributed by atoms with Crippen molar-refractivity contribution in [3.8, 4) is 0 Å². The van der Waals surface area contributed by atoms with E-state index < -0.39 is 0 Å². The van der Waals surface area contributed by atoms with E-state index in [4.69, 9.17) is 11.6 Å². The van der Waals surface area contributed by atoms with E-state index in [2.05, 4.69) is 0 Å². The van der Waals surface area contributed by atoms with Gasteiger partial charge in [-0.05, 0) is 36.8 Å². The highest BCUT2D eigenvalue weighted by Gasteiger charge is 2.22. The summed E-state index contributed by atoms with van der Waals surface area (Å²) in [6.07, 6.45) is 1.45. The van der Waals surface area contributed by atoms with Gasteiger partial charge in [-0.15, -0.1) is 11.3 Å². The molecular weight excluding hydrogens is 332 g/mol. The van der Waals surface area contributed by atoms with Crippen LogP contribution in [0.15, 0.2) is 36.4 Å². The number of benzene rings is 1. The van der Waals surface area contributed by atoms with Crippen molar-refractivity contribution in [2.75, 3.05) is 18.5 Å². The molecule has 1 fully saturated rings. The van der Waals surface area contributed by atoms with Gasteiger partial charge in [0.25, 0.3) is 5.91 Å². The average molecular weight is 349 g/mol. The lowest BCUT2D eigenvalue weighted by atomic mass is 10.1. The first-order valence-corrected chi connectivity index (χ1v) is 8.64. The molecule has 0 bridgehead atoms. The second-order valence-electron chi connectivity index (χ2n) is 5.57. The number of hydrogen-bond donors (Lipinski definition) is 0. The SMILES string of the molecule is CN(Cc1ccc(Cl)s1)C(=O)c1cccc(N2CCCC2=O)c1. The Labute approximate surface area is 144 Å². The number of hydrogen-bond acceptors (Lipinski definition) is 3. The Morgan fingerprint density at radius 3 is 2.83 bits per heavy atom. The summed E-state index contributed by atoms with van der Waals surface area (Å²) in [5, 5.41) is 0. The topological polar surface area (TPSA) is 40.6 Å². The molecule has 1 aliphatic rings. The third-order valence-corrected chi connectivity index (χ3v) is 5.06. The number of carbonyl (C=O) groups excluding carboxylic acids is 2. The van der Waals surface area contributed by atoms with Crippen molar-refractivity contribution >= 4 is 40.4 Å². The lowest BCUT2D eigenvalue weighted by Crippen LogP contribution is -2.27. The van der Waals surface area contributed by atoms with Crippen LogP contribution in [0.1, 0.15) is 28.1 Å². The van der Waals surface area contributed by atoms with E-state index in [1.165, 1.54) is 11.3 Å². The minimum Gasteiger partial charge on any atom is -0.337 e. The number of halogens is 1. The predicted molar refractivity (Wildman–Crippen MR) is 93.2 cm³/mol. The highest BCUT2D eigenvalue weighted by molar-refractivity contribution is 7.16. The standard InChI is InChI=1S/C17H17ClN2O2S/c1-19(11-14-7-8-15(18)23-14)17(22)12-4-2-5-13(10-12)20-9-3-6-16(20)21/h2,4-5,7-8,10H,3,6,9,11H2,1H3. The molecule has 4 nitrogen and oxygen atoms in total. The molecule has 6 heteroatoms. The molecule has 0 aliphatic carbocycles. The maximum Gasteiger partial charge on any atom is 0.253 e. The highest BCUT2D eigenvalue weighted by atomic mass is 35.5. The molecule has 1 saturated heterocycles. The van der Waals surface area contributed by atoms with Crippen molar-refractivity contribution in [2.45, 2.75) is 19.4 Å². The van der Waals surface area contributed by atoms with Gasteiger partial charge in [0, 0.05) is 36.1 Å². The molecule has 23 heavy (non-hydrogen) atoms. The molecule has 3 rings (SSSR count). The van der Waals surface area contributed by atoms with Crippen LogP contribution in [0.25, 0.3) is 0 Å². The number of carbonyl (C=O) groups is 2. The van der Waals surface area contributed by atoms with Crippen LogP contribution in [0, 0.1) is 0 Å².